The van der Waals surface area contributed by atoms with Gasteiger partial charge in [-0.05, 0) is 69.8 Å². The number of anilines is 1. The van der Waals surface area contributed by atoms with Crippen molar-refractivity contribution in [1.29, 1.82) is 0 Å². The highest BCUT2D eigenvalue weighted by Crippen LogP contribution is 2.35. The van der Waals surface area contributed by atoms with Crippen molar-refractivity contribution in [3.63, 3.8) is 0 Å². The maximum absolute atomic E-state index is 6.26. The van der Waals surface area contributed by atoms with Crippen molar-refractivity contribution in [2.24, 2.45) is 16.6 Å². The Bertz CT molecular complexity index is 1140. The Morgan fingerprint density at radius 3 is 2.88 bits per heavy atom. The Kier molecular flexibility index (Phi) is 7.85. The summed E-state index contributed by atoms with van der Waals surface area (Å²) in [7, 11) is 0. The van der Waals surface area contributed by atoms with Gasteiger partial charge in [0.15, 0.2) is 11.1 Å². The van der Waals surface area contributed by atoms with Crippen LogP contribution in [0.15, 0.2) is 52.8 Å². The second-order valence-electron chi connectivity index (χ2n) is 9.40. The lowest BCUT2D eigenvalue weighted by Gasteiger charge is -2.31. The number of aryl methyl sites for hydroxylation is 2. The van der Waals surface area contributed by atoms with Crippen LogP contribution in [0.5, 0.6) is 11.5 Å². The summed E-state index contributed by atoms with van der Waals surface area (Å²) < 4.78 is 6.26. The molecular formula is C27H35N5OS. The molecule has 3 aromatic rings. The van der Waals surface area contributed by atoms with E-state index in [2.05, 4.69) is 55.0 Å². The number of likely N-dealkylation sites (tertiary alicyclic amines) is 1. The molecule has 0 aliphatic carbocycles. The van der Waals surface area contributed by atoms with Gasteiger partial charge in [0.1, 0.15) is 11.5 Å². The van der Waals surface area contributed by atoms with E-state index < -0.39 is 0 Å². The summed E-state index contributed by atoms with van der Waals surface area (Å²) in [5, 5.41) is 5.90. The fourth-order valence-electron chi connectivity index (χ4n) is 4.50. The molecule has 34 heavy (non-hydrogen) atoms. The molecule has 2 heterocycles. The van der Waals surface area contributed by atoms with Crippen LogP contribution in [0.25, 0.3) is 11.3 Å². The smallest absolute Gasteiger partial charge is 0.195 e. The summed E-state index contributed by atoms with van der Waals surface area (Å²) in [6, 6.07) is 14.3. The fraction of sp³-hybridized carbons (Fsp3) is 0.407. The molecule has 180 valence electrons. The summed E-state index contributed by atoms with van der Waals surface area (Å²) in [5.74, 6) is 2.78. The molecule has 7 heteroatoms. The van der Waals surface area contributed by atoms with Crippen molar-refractivity contribution >= 4 is 22.4 Å². The van der Waals surface area contributed by atoms with Gasteiger partial charge in [0.2, 0.25) is 0 Å². The topological polar surface area (TPSA) is 75.8 Å². The van der Waals surface area contributed by atoms with Gasteiger partial charge >= 0.3 is 0 Å². The second-order valence-corrected chi connectivity index (χ2v) is 10.3. The molecule has 0 saturated carbocycles. The Labute approximate surface area is 206 Å². The Morgan fingerprint density at radius 1 is 1.26 bits per heavy atom. The largest absolute Gasteiger partial charge is 0.456 e. The summed E-state index contributed by atoms with van der Waals surface area (Å²) >= 11 is 1.51. The number of piperidine rings is 1. The first-order valence-electron chi connectivity index (χ1n) is 12.0. The summed E-state index contributed by atoms with van der Waals surface area (Å²) in [6.45, 7) is 11.8. The number of benzene rings is 2. The van der Waals surface area contributed by atoms with Gasteiger partial charge in [-0.15, -0.1) is 11.3 Å². The quantitative estimate of drug-likeness (QED) is 0.319. The monoisotopic (exact) mass is 477 g/mol. The maximum atomic E-state index is 6.26. The first-order chi connectivity index (χ1) is 16.4. The van der Waals surface area contributed by atoms with Gasteiger partial charge in [-0.2, -0.15) is 0 Å². The molecule has 1 aliphatic rings. The number of para-hydroxylation sites is 1. The molecule has 0 bridgehead atoms. The van der Waals surface area contributed by atoms with Gasteiger partial charge in [-0.1, -0.05) is 36.8 Å². The number of aromatic nitrogens is 1. The Hall–Kier alpha value is -2.90. The van der Waals surface area contributed by atoms with Crippen molar-refractivity contribution in [1.82, 2.24) is 9.88 Å². The minimum Gasteiger partial charge on any atom is -0.456 e. The highest BCUT2D eigenvalue weighted by atomic mass is 32.1. The van der Waals surface area contributed by atoms with Gasteiger partial charge in [0, 0.05) is 24.0 Å². The highest BCUT2D eigenvalue weighted by Gasteiger charge is 2.18. The number of aliphatic imine (C=N–C) groups is 1. The molecule has 6 nitrogen and oxygen atoms in total. The standard InChI is InChI=1S/C27H35N5OS/c1-18-11-12-24(20(3)14-18)33-25-10-6-5-9-22(25)23-17-34-27(30-23)31-26(28)29-21(4)16-32-13-7-8-19(2)15-32/h5-6,9-12,14,17,19,21H,7-8,13,15-16H2,1-4H3,(H3,28,29,30,31). The normalized spacial score (nSPS) is 18.0. The molecule has 3 N–H and O–H groups in total. The van der Waals surface area contributed by atoms with E-state index in [1.807, 2.05) is 35.7 Å². The zero-order valence-electron chi connectivity index (χ0n) is 20.5. The number of ether oxygens (including phenoxy) is 1. The van der Waals surface area contributed by atoms with Crippen LogP contribution >= 0.6 is 11.3 Å². The molecule has 2 unspecified atom stereocenters. The van der Waals surface area contributed by atoms with E-state index in [1.165, 1.54) is 29.7 Å². The number of thiazole rings is 1. The van der Waals surface area contributed by atoms with Gasteiger partial charge in [0.25, 0.3) is 0 Å². The third kappa shape index (κ3) is 6.36. The van der Waals surface area contributed by atoms with Crippen molar-refractivity contribution in [2.45, 2.75) is 46.6 Å². The molecule has 0 radical (unpaired) electrons. The first kappa shape index (κ1) is 24.2. The predicted molar refractivity (Wildman–Crippen MR) is 143 cm³/mol. The Balaban J connectivity index is 1.42. The minimum absolute atomic E-state index is 0.129. The SMILES string of the molecule is Cc1ccc(Oc2ccccc2-c2csc(NC(N)=NC(C)CN3CCCC(C)C3)n2)c(C)c1. The van der Waals surface area contributed by atoms with E-state index in [-0.39, 0.29) is 6.04 Å². The van der Waals surface area contributed by atoms with Crippen molar-refractivity contribution in [2.75, 3.05) is 25.0 Å². The number of nitrogens with two attached hydrogens (primary N) is 1. The number of nitrogens with one attached hydrogen (secondary N) is 1. The van der Waals surface area contributed by atoms with E-state index in [4.69, 9.17) is 15.5 Å². The van der Waals surface area contributed by atoms with Gasteiger partial charge < -0.3 is 20.7 Å². The molecule has 2 atom stereocenters. The number of hydrogen-bond acceptors (Lipinski definition) is 5. The molecule has 4 rings (SSSR count). The van der Waals surface area contributed by atoms with Crippen LogP contribution in [-0.4, -0.2) is 41.5 Å². The van der Waals surface area contributed by atoms with Gasteiger partial charge in [-0.3, -0.25) is 0 Å². The lowest BCUT2D eigenvalue weighted by atomic mass is 10.00. The zero-order valence-corrected chi connectivity index (χ0v) is 21.4. The highest BCUT2D eigenvalue weighted by molar-refractivity contribution is 7.14. The minimum atomic E-state index is 0.129. The number of hydrogen-bond donors (Lipinski definition) is 2. The van der Waals surface area contributed by atoms with Gasteiger partial charge in [0.05, 0.1) is 11.7 Å². The maximum Gasteiger partial charge on any atom is 0.195 e. The second kappa shape index (κ2) is 11.0. The lowest BCUT2D eigenvalue weighted by molar-refractivity contribution is 0.177. The van der Waals surface area contributed by atoms with Gasteiger partial charge in [-0.25, -0.2) is 9.98 Å². The van der Waals surface area contributed by atoms with Crippen LogP contribution in [0.2, 0.25) is 0 Å². The molecule has 2 aromatic carbocycles. The van der Waals surface area contributed by atoms with Crippen LogP contribution in [-0.2, 0) is 0 Å². The average molecular weight is 478 g/mol. The Morgan fingerprint density at radius 2 is 2.09 bits per heavy atom. The molecule has 1 aliphatic heterocycles. The molecule has 0 amide bonds. The van der Waals surface area contributed by atoms with Crippen molar-refractivity contribution in [3.05, 3.63) is 59.0 Å². The van der Waals surface area contributed by atoms with E-state index >= 15 is 0 Å². The van der Waals surface area contributed by atoms with E-state index in [0.29, 0.717) is 5.96 Å². The summed E-state index contributed by atoms with van der Waals surface area (Å²) in [4.78, 5) is 11.9. The van der Waals surface area contributed by atoms with Crippen molar-refractivity contribution in [3.8, 4) is 22.8 Å². The number of nitrogens with zero attached hydrogens (tertiary/aromatic N) is 3. The van der Waals surface area contributed by atoms with Crippen molar-refractivity contribution < 1.29 is 4.74 Å². The molecule has 1 saturated heterocycles. The first-order valence-corrected chi connectivity index (χ1v) is 12.9. The van der Waals surface area contributed by atoms with Crippen LogP contribution in [0.3, 0.4) is 0 Å². The predicted octanol–water partition coefficient (Wildman–Crippen LogP) is 6.07. The number of rotatable bonds is 7. The average Bonchev–Trinajstić information content (AvgIpc) is 3.24. The van der Waals surface area contributed by atoms with Crippen LogP contribution < -0.4 is 15.8 Å². The zero-order chi connectivity index (χ0) is 24.1. The third-order valence-electron chi connectivity index (χ3n) is 6.08. The molecule has 0 spiro atoms. The number of guanidine groups is 1. The fourth-order valence-corrected chi connectivity index (χ4v) is 5.22. The molecular weight excluding hydrogens is 442 g/mol. The van der Waals surface area contributed by atoms with Crippen LogP contribution in [0.4, 0.5) is 5.13 Å². The van der Waals surface area contributed by atoms with Crippen LogP contribution in [0.1, 0.15) is 37.8 Å². The molecule has 1 fully saturated rings. The van der Waals surface area contributed by atoms with E-state index in [0.717, 1.165) is 59.0 Å². The summed E-state index contributed by atoms with van der Waals surface area (Å²) in [6.07, 6.45) is 2.59. The van der Waals surface area contributed by atoms with E-state index in [9.17, 15) is 0 Å². The van der Waals surface area contributed by atoms with E-state index in [1.54, 1.807) is 0 Å². The third-order valence-corrected chi connectivity index (χ3v) is 6.83. The van der Waals surface area contributed by atoms with Crippen LogP contribution in [0, 0.1) is 19.8 Å². The molecule has 1 aromatic heterocycles. The lowest BCUT2D eigenvalue weighted by Crippen LogP contribution is -2.39. The summed E-state index contributed by atoms with van der Waals surface area (Å²) in [5.41, 5.74) is 10.3.